The van der Waals surface area contributed by atoms with Crippen molar-refractivity contribution >= 4 is 11.6 Å². The van der Waals surface area contributed by atoms with Gasteiger partial charge in [0.2, 0.25) is 0 Å². The second-order valence-electron chi connectivity index (χ2n) is 6.62. The summed E-state index contributed by atoms with van der Waals surface area (Å²) in [5, 5.41) is 14.1. The number of nitro groups is 1. The number of nitro benzene ring substituents is 1. The normalized spacial score (nSPS) is 19.7. The van der Waals surface area contributed by atoms with Crippen LogP contribution in [0.3, 0.4) is 0 Å². The van der Waals surface area contributed by atoms with Crippen LogP contribution in [-0.4, -0.2) is 35.4 Å². The molecule has 0 atom stereocenters. The van der Waals surface area contributed by atoms with Crippen LogP contribution in [0.4, 0.5) is 5.69 Å². The molecule has 1 aromatic rings. The lowest BCUT2D eigenvalue weighted by Crippen LogP contribution is -2.42. The minimum absolute atomic E-state index is 0.121. The Kier molecular flexibility index (Phi) is 4.50. The Morgan fingerprint density at radius 2 is 2.09 bits per heavy atom. The number of likely N-dealkylation sites (tertiary alicyclic amines) is 1. The van der Waals surface area contributed by atoms with E-state index in [1.165, 1.54) is 37.8 Å². The number of hydrogen-bond acceptors (Lipinski definition) is 3. The first kappa shape index (κ1) is 15.8. The van der Waals surface area contributed by atoms with Crippen LogP contribution in [0.1, 0.15) is 38.2 Å². The zero-order valence-corrected chi connectivity index (χ0v) is 13.6. The van der Waals surface area contributed by atoms with Crippen molar-refractivity contribution in [2.75, 3.05) is 19.6 Å². The molecule has 1 spiro atoms. The molecule has 1 aromatic carbocycles. The fourth-order valence-electron chi connectivity index (χ4n) is 3.52. The van der Waals surface area contributed by atoms with Gasteiger partial charge in [0, 0.05) is 31.8 Å². The molecule has 6 nitrogen and oxygen atoms in total. The minimum atomic E-state index is -0.376. The van der Waals surface area contributed by atoms with E-state index < -0.39 is 0 Å². The standard InChI is InChI=1S/C17H24N4O2/c1-2-18-16(20-11-10-17(13-20)8-3-9-17)19-12-14-4-6-15(7-5-14)21(22)23/h4-7H,2-3,8-13H2,1H3,(H,18,19). The molecule has 1 N–H and O–H groups in total. The number of benzene rings is 1. The van der Waals surface area contributed by atoms with Gasteiger partial charge in [-0.15, -0.1) is 0 Å². The SMILES string of the molecule is CCNC(=NCc1ccc([N+](=O)[O-])cc1)N1CCC2(CCC2)C1. The Hall–Kier alpha value is -2.11. The highest BCUT2D eigenvalue weighted by Crippen LogP contribution is 2.47. The van der Waals surface area contributed by atoms with Crippen LogP contribution in [0, 0.1) is 15.5 Å². The Morgan fingerprint density at radius 3 is 2.61 bits per heavy atom. The summed E-state index contributed by atoms with van der Waals surface area (Å²) in [6.45, 7) is 5.66. The molecule has 2 aliphatic rings. The highest BCUT2D eigenvalue weighted by atomic mass is 16.6. The van der Waals surface area contributed by atoms with E-state index in [0.29, 0.717) is 12.0 Å². The second-order valence-corrected chi connectivity index (χ2v) is 6.62. The molecule has 1 heterocycles. The van der Waals surface area contributed by atoms with Crippen molar-refractivity contribution in [1.29, 1.82) is 0 Å². The first-order valence-electron chi connectivity index (χ1n) is 8.38. The predicted molar refractivity (Wildman–Crippen MR) is 90.4 cm³/mol. The second kappa shape index (κ2) is 6.56. The van der Waals surface area contributed by atoms with Crippen molar-refractivity contribution < 1.29 is 4.92 Å². The number of nitrogens with zero attached hydrogens (tertiary/aromatic N) is 3. The summed E-state index contributed by atoms with van der Waals surface area (Å²) in [7, 11) is 0. The van der Waals surface area contributed by atoms with E-state index in [-0.39, 0.29) is 10.6 Å². The maximum absolute atomic E-state index is 10.7. The molecule has 124 valence electrons. The zero-order chi connectivity index (χ0) is 16.3. The Balaban J connectivity index is 1.65. The van der Waals surface area contributed by atoms with Gasteiger partial charge in [-0.1, -0.05) is 18.6 Å². The van der Waals surface area contributed by atoms with Gasteiger partial charge in [-0.2, -0.15) is 0 Å². The van der Waals surface area contributed by atoms with Gasteiger partial charge in [-0.3, -0.25) is 10.1 Å². The fourth-order valence-corrected chi connectivity index (χ4v) is 3.52. The third kappa shape index (κ3) is 3.46. The van der Waals surface area contributed by atoms with Crippen LogP contribution in [0.15, 0.2) is 29.3 Å². The van der Waals surface area contributed by atoms with Crippen LogP contribution in [0.2, 0.25) is 0 Å². The molecular formula is C17H24N4O2. The molecule has 0 radical (unpaired) electrons. The summed E-state index contributed by atoms with van der Waals surface area (Å²) < 4.78 is 0. The number of nitrogens with one attached hydrogen (secondary N) is 1. The highest BCUT2D eigenvalue weighted by molar-refractivity contribution is 5.80. The maximum atomic E-state index is 10.7. The zero-order valence-electron chi connectivity index (χ0n) is 13.6. The maximum Gasteiger partial charge on any atom is 0.269 e. The molecule has 0 amide bonds. The summed E-state index contributed by atoms with van der Waals surface area (Å²) in [6.07, 6.45) is 5.34. The molecular weight excluding hydrogens is 292 g/mol. The molecule has 0 unspecified atom stereocenters. The first-order valence-corrected chi connectivity index (χ1v) is 8.38. The molecule has 1 saturated carbocycles. The summed E-state index contributed by atoms with van der Waals surface area (Å²) in [5.74, 6) is 0.967. The number of non-ortho nitro benzene ring substituents is 1. The van der Waals surface area contributed by atoms with Crippen LogP contribution in [-0.2, 0) is 6.54 Å². The van der Waals surface area contributed by atoms with Gasteiger partial charge in [0.15, 0.2) is 5.96 Å². The highest BCUT2D eigenvalue weighted by Gasteiger charge is 2.43. The summed E-state index contributed by atoms with van der Waals surface area (Å²) in [4.78, 5) is 17.4. The van der Waals surface area contributed by atoms with E-state index in [4.69, 9.17) is 4.99 Å². The lowest BCUT2D eigenvalue weighted by atomic mass is 9.68. The van der Waals surface area contributed by atoms with Crippen molar-refractivity contribution in [1.82, 2.24) is 10.2 Å². The van der Waals surface area contributed by atoms with Crippen molar-refractivity contribution in [3.05, 3.63) is 39.9 Å². The molecule has 6 heteroatoms. The fraction of sp³-hybridized carbons (Fsp3) is 0.588. The quantitative estimate of drug-likeness (QED) is 0.401. The van der Waals surface area contributed by atoms with Crippen LogP contribution < -0.4 is 5.32 Å². The average Bonchev–Trinajstić information content (AvgIpc) is 2.97. The van der Waals surface area contributed by atoms with Crippen LogP contribution in [0.25, 0.3) is 0 Å². The van der Waals surface area contributed by atoms with E-state index in [0.717, 1.165) is 31.2 Å². The Morgan fingerprint density at radius 1 is 1.35 bits per heavy atom. The monoisotopic (exact) mass is 316 g/mol. The van der Waals surface area contributed by atoms with Gasteiger partial charge < -0.3 is 10.2 Å². The molecule has 1 saturated heterocycles. The topological polar surface area (TPSA) is 70.8 Å². The molecule has 1 aliphatic heterocycles. The third-order valence-corrected chi connectivity index (χ3v) is 5.05. The van der Waals surface area contributed by atoms with Gasteiger partial charge in [0.25, 0.3) is 5.69 Å². The lowest BCUT2D eigenvalue weighted by Gasteiger charge is -2.38. The lowest BCUT2D eigenvalue weighted by molar-refractivity contribution is -0.384. The van der Waals surface area contributed by atoms with Crippen molar-refractivity contribution in [2.24, 2.45) is 10.4 Å². The van der Waals surface area contributed by atoms with Gasteiger partial charge >= 0.3 is 0 Å². The number of rotatable bonds is 4. The average molecular weight is 316 g/mol. The van der Waals surface area contributed by atoms with E-state index >= 15 is 0 Å². The first-order chi connectivity index (χ1) is 11.1. The molecule has 0 aromatic heterocycles. The molecule has 3 rings (SSSR count). The van der Waals surface area contributed by atoms with Crippen molar-refractivity contribution in [3.8, 4) is 0 Å². The molecule has 1 aliphatic carbocycles. The van der Waals surface area contributed by atoms with Crippen molar-refractivity contribution in [3.63, 3.8) is 0 Å². The van der Waals surface area contributed by atoms with Gasteiger partial charge in [-0.05, 0) is 37.2 Å². The summed E-state index contributed by atoms with van der Waals surface area (Å²) in [5.41, 5.74) is 1.66. The molecule has 2 fully saturated rings. The largest absolute Gasteiger partial charge is 0.357 e. The van der Waals surface area contributed by atoms with E-state index in [2.05, 4.69) is 17.1 Å². The van der Waals surface area contributed by atoms with E-state index in [9.17, 15) is 10.1 Å². The number of guanidine groups is 1. The van der Waals surface area contributed by atoms with E-state index in [1.54, 1.807) is 12.1 Å². The van der Waals surface area contributed by atoms with Crippen molar-refractivity contribution in [2.45, 2.75) is 39.2 Å². The van der Waals surface area contributed by atoms with Crippen LogP contribution in [0.5, 0.6) is 0 Å². The number of aliphatic imine (C=N–C) groups is 1. The Bertz CT molecular complexity index is 593. The smallest absolute Gasteiger partial charge is 0.269 e. The third-order valence-electron chi connectivity index (χ3n) is 5.05. The number of hydrogen-bond donors (Lipinski definition) is 1. The van der Waals surface area contributed by atoms with Crippen LogP contribution >= 0.6 is 0 Å². The van der Waals surface area contributed by atoms with E-state index in [1.807, 2.05) is 0 Å². The molecule has 23 heavy (non-hydrogen) atoms. The summed E-state index contributed by atoms with van der Waals surface area (Å²) in [6, 6.07) is 6.64. The van der Waals surface area contributed by atoms with Gasteiger partial charge in [-0.25, -0.2) is 4.99 Å². The van der Waals surface area contributed by atoms with Gasteiger partial charge in [0.05, 0.1) is 11.5 Å². The van der Waals surface area contributed by atoms with Gasteiger partial charge in [0.1, 0.15) is 0 Å². The Labute approximate surface area is 136 Å². The molecule has 0 bridgehead atoms. The minimum Gasteiger partial charge on any atom is -0.357 e. The summed E-state index contributed by atoms with van der Waals surface area (Å²) >= 11 is 0. The predicted octanol–water partition coefficient (Wildman–Crippen LogP) is 2.94.